The number of amides is 2. The summed E-state index contributed by atoms with van der Waals surface area (Å²) in [6.07, 6.45) is 3.23. The highest BCUT2D eigenvalue weighted by atomic mass is 35.5. The molecule has 2 amide bonds. The van der Waals surface area contributed by atoms with Crippen molar-refractivity contribution in [3.8, 4) is 5.69 Å². The predicted octanol–water partition coefficient (Wildman–Crippen LogP) is 3.42. The van der Waals surface area contributed by atoms with Crippen molar-refractivity contribution in [2.24, 2.45) is 5.92 Å². The number of benzene rings is 1. The first kappa shape index (κ1) is 18.3. The fourth-order valence-electron chi connectivity index (χ4n) is 3.17. The topological polar surface area (TPSA) is 87.5 Å². The third kappa shape index (κ3) is 3.67. The number of halogens is 1. The fourth-order valence-corrected chi connectivity index (χ4v) is 3.39. The van der Waals surface area contributed by atoms with Crippen molar-refractivity contribution >= 4 is 29.3 Å². The number of aliphatic carboxylic acids is 1. The number of carboxylic acid groups (broad SMARTS) is 1. The van der Waals surface area contributed by atoms with E-state index in [-0.39, 0.29) is 11.9 Å². The minimum atomic E-state index is -0.792. The van der Waals surface area contributed by atoms with E-state index in [1.54, 1.807) is 21.8 Å². The number of carbonyl (C=O) groups excluding carboxylic acids is 1. The van der Waals surface area contributed by atoms with Crippen LogP contribution < -0.4 is 5.32 Å². The van der Waals surface area contributed by atoms with Crippen LogP contribution in [-0.2, 0) is 11.2 Å². The lowest BCUT2D eigenvalue weighted by Gasteiger charge is -2.30. The molecule has 1 aliphatic heterocycles. The van der Waals surface area contributed by atoms with Gasteiger partial charge in [0.1, 0.15) is 0 Å². The summed E-state index contributed by atoms with van der Waals surface area (Å²) in [5.41, 5.74) is 2.25. The van der Waals surface area contributed by atoms with E-state index in [2.05, 4.69) is 10.4 Å². The summed E-state index contributed by atoms with van der Waals surface area (Å²) in [6, 6.07) is 7.17. The minimum absolute atomic E-state index is 0.234. The van der Waals surface area contributed by atoms with E-state index in [0.717, 1.165) is 11.4 Å². The van der Waals surface area contributed by atoms with Crippen LogP contribution in [0.2, 0.25) is 5.02 Å². The molecule has 1 saturated heterocycles. The Balaban J connectivity index is 1.74. The first-order valence-electron chi connectivity index (χ1n) is 8.61. The standard InChI is InChI=1S/C18H21ClN4O3/c1-2-15-14(11-20-23(15)16-6-4-3-5-13(16)19)21-18(26)22-9-7-12(8-10-22)17(24)25/h3-6,11-12H,2,7-10H2,1H3,(H,21,26)(H,24,25). The van der Waals surface area contributed by atoms with Gasteiger partial charge in [0.25, 0.3) is 0 Å². The number of aromatic nitrogens is 2. The number of hydrogen-bond acceptors (Lipinski definition) is 3. The van der Waals surface area contributed by atoms with Gasteiger partial charge in [-0.3, -0.25) is 4.79 Å². The Morgan fingerprint density at radius 1 is 1.31 bits per heavy atom. The average Bonchev–Trinajstić information content (AvgIpc) is 3.04. The number of urea groups is 1. The van der Waals surface area contributed by atoms with Crippen LogP contribution in [0.15, 0.2) is 30.5 Å². The summed E-state index contributed by atoms with van der Waals surface area (Å²) < 4.78 is 1.73. The molecule has 8 heteroatoms. The van der Waals surface area contributed by atoms with E-state index in [1.807, 2.05) is 25.1 Å². The number of likely N-dealkylation sites (tertiary alicyclic amines) is 1. The van der Waals surface area contributed by atoms with E-state index in [4.69, 9.17) is 16.7 Å². The van der Waals surface area contributed by atoms with Crippen LogP contribution in [0, 0.1) is 5.92 Å². The van der Waals surface area contributed by atoms with Gasteiger partial charge in [-0.2, -0.15) is 5.10 Å². The molecule has 0 aliphatic carbocycles. The maximum atomic E-state index is 12.5. The van der Waals surface area contributed by atoms with Gasteiger partial charge in [0.05, 0.1) is 34.2 Å². The van der Waals surface area contributed by atoms with Gasteiger partial charge in [0.15, 0.2) is 0 Å². The lowest BCUT2D eigenvalue weighted by molar-refractivity contribution is -0.143. The van der Waals surface area contributed by atoms with E-state index < -0.39 is 5.97 Å². The highest BCUT2D eigenvalue weighted by Gasteiger charge is 2.27. The molecule has 1 aromatic heterocycles. The van der Waals surface area contributed by atoms with E-state index >= 15 is 0 Å². The van der Waals surface area contributed by atoms with Crippen LogP contribution in [0.5, 0.6) is 0 Å². The van der Waals surface area contributed by atoms with Crippen molar-refractivity contribution < 1.29 is 14.7 Å². The highest BCUT2D eigenvalue weighted by Crippen LogP contribution is 2.26. The SMILES string of the molecule is CCc1c(NC(=O)N2CCC(C(=O)O)CC2)cnn1-c1ccccc1Cl. The second kappa shape index (κ2) is 7.78. The zero-order chi connectivity index (χ0) is 18.7. The van der Waals surface area contributed by atoms with Crippen LogP contribution in [-0.4, -0.2) is 44.9 Å². The molecular weight excluding hydrogens is 356 g/mol. The highest BCUT2D eigenvalue weighted by molar-refractivity contribution is 6.32. The molecule has 26 heavy (non-hydrogen) atoms. The number of nitrogens with one attached hydrogen (secondary N) is 1. The zero-order valence-corrected chi connectivity index (χ0v) is 15.2. The first-order valence-corrected chi connectivity index (χ1v) is 8.99. The molecule has 1 aromatic carbocycles. The molecule has 1 fully saturated rings. The molecule has 0 bridgehead atoms. The number of carboxylic acids is 1. The molecule has 3 rings (SSSR count). The van der Waals surface area contributed by atoms with Gasteiger partial charge in [-0.1, -0.05) is 30.7 Å². The summed E-state index contributed by atoms with van der Waals surface area (Å²) in [4.78, 5) is 25.2. The Kier molecular flexibility index (Phi) is 5.46. The van der Waals surface area contributed by atoms with Crippen molar-refractivity contribution in [2.45, 2.75) is 26.2 Å². The van der Waals surface area contributed by atoms with Gasteiger partial charge >= 0.3 is 12.0 Å². The number of hydrogen-bond donors (Lipinski definition) is 2. The van der Waals surface area contributed by atoms with Gasteiger partial charge < -0.3 is 15.3 Å². The molecule has 138 valence electrons. The number of nitrogens with zero attached hydrogens (tertiary/aromatic N) is 3. The maximum absolute atomic E-state index is 12.5. The van der Waals surface area contributed by atoms with Crippen molar-refractivity contribution in [1.29, 1.82) is 0 Å². The van der Waals surface area contributed by atoms with Crippen LogP contribution >= 0.6 is 11.6 Å². The summed E-state index contributed by atoms with van der Waals surface area (Å²) in [7, 11) is 0. The first-order chi connectivity index (χ1) is 12.5. The quantitative estimate of drug-likeness (QED) is 0.855. The van der Waals surface area contributed by atoms with E-state index in [9.17, 15) is 9.59 Å². The Bertz CT molecular complexity index is 813. The van der Waals surface area contributed by atoms with Gasteiger partial charge in [-0.15, -0.1) is 0 Å². The molecule has 0 unspecified atom stereocenters. The van der Waals surface area contributed by atoms with Gasteiger partial charge in [-0.05, 0) is 31.4 Å². The second-order valence-corrected chi connectivity index (χ2v) is 6.66. The lowest BCUT2D eigenvalue weighted by atomic mass is 9.97. The van der Waals surface area contributed by atoms with Crippen LogP contribution in [0.4, 0.5) is 10.5 Å². The number of para-hydroxylation sites is 1. The smallest absolute Gasteiger partial charge is 0.321 e. The van der Waals surface area contributed by atoms with Crippen LogP contribution in [0.25, 0.3) is 5.69 Å². The number of anilines is 1. The molecule has 2 N–H and O–H groups in total. The molecule has 0 radical (unpaired) electrons. The monoisotopic (exact) mass is 376 g/mol. The number of piperidine rings is 1. The largest absolute Gasteiger partial charge is 0.481 e. The van der Waals surface area contributed by atoms with Gasteiger partial charge in [0, 0.05) is 13.1 Å². The van der Waals surface area contributed by atoms with Crippen LogP contribution in [0.3, 0.4) is 0 Å². The normalized spacial score (nSPS) is 15.1. The second-order valence-electron chi connectivity index (χ2n) is 6.25. The van der Waals surface area contributed by atoms with Crippen molar-refractivity contribution in [1.82, 2.24) is 14.7 Å². The average molecular weight is 377 g/mol. The number of rotatable bonds is 4. The van der Waals surface area contributed by atoms with E-state index in [0.29, 0.717) is 43.1 Å². The molecule has 1 aliphatic rings. The molecule has 0 saturated carbocycles. The third-order valence-electron chi connectivity index (χ3n) is 4.66. The molecule has 0 spiro atoms. The summed E-state index contributed by atoms with van der Waals surface area (Å²) in [5.74, 6) is -1.16. The Morgan fingerprint density at radius 3 is 2.62 bits per heavy atom. The van der Waals surface area contributed by atoms with Crippen molar-refractivity contribution in [3.63, 3.8) is 0 Å². The van der Waals surface area contributed by atoms with E-state index in [1.165, 1.54) is 0 Å². The lowest BCUT2D eigenvalue weighted by Crippen LogP contribution is -2.42. The Morgan fingerprint density at radius 2 is 2.00 bits per heavy atom. The minimum Gasteiger partial charge on any atom is -0.481 e. The fraction of sp³-hybridized carbons (Fsp3) is 0.389. The third-order valence-corrected chi connectivity index (χ3v) is 4.98. The maximum Gasteiger partial charge on any atom is 0.321 e. The Hall–Kier alpha value is -2.54. The molecule has 0 atom stereocenters. The van der Waals surface area contributed by atoms with Crippen molar-refractivity contribution in [3.05, 3.63) is 41.2 Å². The Labute approximate surface area is 156 Å². The summed E-state index contributed by atoms with van der Waals surface area (Å²) in [6.45, 7) is 2.85. The van der Waals surface area contributed by atoms with Gasteiger partial charge in [0.2, 0.25) is 0 Å². The van der Waals surface area contributed by atoms with Crippen molar-refractivity contribution in [2.75, 3.05) is 18.4 Å². The molecule has 2 aromatic rings. The van der Waals surface area contributed by atoms with Crippen LogP contribution in [0.1, 0.15) is 25.5 Å². The predicted molar refractivity (Wildman–Crippen MR) is 98.9 cm³/mol. The number of carbonyl (C=O) groups is 2. The molecule has 2 heterocycles. The molecular formula is C18H21ClN4O3. The summed E-state index contributed by atoms with van der Waals surface area (Å²) >= 11 is 6.26. The van der Waals surface area contributed by atoms with Gasteiger partial charge in [-0.25, -0.2) is 9.48 Å². The molecule has 7 nitrogen and oxygen atoms in total. The zero-order valence-electron chi connectivity index (χ0n) is 14.5. The summed E-state index contributed by atoms with van der Waals surface area (Å²) in [5, 5.41) is 16.9.